The van der Waals surface area contributed by atoms with E-state index in [4.69, 9.17) is 9.47 Å². The Hall–Kier alpha value is -4.69. The van der Waals surface area contributed by atoms with Crippen molar-refractivity contribution >= 4 is 27.0 Å². The number of nitrogens with zero attached hydrogens (tertiary/aromatic N) is 2. The number of ether oxygens (including phenoxy) is 2. The van der Waals surface area contributed by atoms with E-state index in [1.807, 2.05) is 78.9 Å². The van der Waals surface area contributed by atoms with E-state index in [-0.39, 0.29) is 5.65 Å². The molecule has 216 valence electrons. The normalized spacial score (nSPS) is 11.0. The molecule has 2 heterocycles. The second-order valence-electron chi connectivity index (χ2n) is 9.48. The predicted molar refractivity (Wildman–Crippen MR) is 168 cm³/mol. The largest absolute Gasteiger partial charge is 0.497 e. The van der Waals surface area contributed by atoms with Crippen LogP contribution in [-0.4, -0.2) is 24.2 Å². The summed E-state index contributed by atoms with van der Waals surface area (Å²) in [5, 5.41) is 0.568. The summed E-state index contributed by atoms with van der Waals surface area (Å²) in [6.07, 6.45) is -3.03. The summed E-state index contributed by atoms with van der Waals surface area (Å²) in [7, 11) is 3.29. The molecule has 0 aliphatic carbocycles. The number of rotatable bonds is 5. The standard InChI is InChI=1S/C22H15F3N2O.C13H11BrO/c1-28-17-7-3-5-15(13-17)14-4-2-6-16(12-14)18-10-11-26-21-19(18)8-9-20(27-21)22(23,24)25;1-15-13-7-3-5-11(9-13)10-4-2-6-12(14)8-10/h2-13H,1H3;2-9H,1H3. The van der Waals surface area contributed by atoms with Crippen LogP contribution >= 0.6 is 15.9 Å². The highest BCUT2D eigenvalue weighted by molar-refractivity contribution is 9.10. The molecule has 0 aliphatic rings. The van der Waals surface area contributed by atoms with E-state index >= 15 is 0 Å². The number of halogens is 4. The molecule has 4 aromatic carbocycles. The highest BCUT2D eigenvalue weighted by atomic mass is 79.9. The van der Waals surface area contributed by atoms with Crippen LogP contribution < -0.4 is 9.47 Å². The highest BCUT2D eigenvalue weighted by Gasteiger charge is 2.32. The molecule has 0 bridgehead atoms. The Morgan fingerprint density at radius 3 is 1.72 bits per heavy atom. The molecule has 0 unspecified atom stereocenters. The first-order valence-corrected chi connectivity index (χ1v) is 14.0. The molecule has 2 aromatic heterocycles. The van der Waals surface area contributed by atoms with Crippen molar-refractivity contribution in [2.24, 2.45) is 0 Å². The van der Waals surface area contributed by atoms with Crippen LogP contribution in [0.5, 0.6) is 11.5 Å². The maximum absolute atomic E-state index is 12.9. The third kappa shape index (κ3) is 7.21. The smallest absolute Gasteiger partial charge is 0.433 e. The molecule has 6 rings (SSSR count). The topological polar surface area (TPSA) is 44.2 Å². The number of hydrogen-bond acceptors (Lipinski definition) is 4. The molecule has 0 saturated carbocycles. The van der Waals surface area contributed by atoms with Crippen LogP contribution in [0.2, 0.25) is 0 Å². The van der Waals surface area contributed by atoms with Gasteiger partial charge in [-0.2, -0.15) is 13.2 Å². The van der Waals surface area contributed by atoms with Gasteiger partial charge in [-0.05, 0) is 94.0 Å². The van der Waals surface area contributed by atoms with Crippen LogP contribution in [0, 0.1) is 0 Å². The van der Waals surface area contributed by atoms with E-state index in [9.17, 15) is 13.2 Å². The van der Waals surface area contributed by atoms with Crippen molar-refractivity contribution < 1.29 is 22.6 Å². The van der Waals surface area contributed by atoms with Crippen molar-refractivity contribution in [3.05, 3.63) is 132 Å². The first kappa shape index (κ1) is 29.8. The Bertz CT molecular complexity index is 1870. The summed E-state index contributed by atoms with van der Waals surface area (Å²) in [4.78, 5) is 7.70. The first-order valence-electron chi connectivity index (χ1n) is 13.2. The lowest BCUT2D eigenvalue weighted by atomic mass is 9.97. The van der Waals surface area contributed by atoms with Gasteiger partial charge in [-0.15, -0.1) is 0 Å². The molecule has 43 heavy (non-hydrogen) atoms. The molecule has 0 N–H and O–H groups in total. The minimum Gasteiger partial charge on any atom is -0.497 e. The fraction of sp³-hybridized carbons (Fsp3) is 0.0857. The molecular weight excluding hydrogens is 617 g/mol. The van der Waals surface area contributed by atoms with E-state index in [0.717, 1.165) is 49.9 Å². The Kier molecular flexibility index (Phi) is 9.07. The fourth-order valence-electron chi connectivity index (χ4n) is 4.58. The number of alkyl halides is 3. The van der Waals surface area contributed by atoms with Gasteiger partial charge in [-0.25, -0.2) is 9.97 Å². The summed E-state index contributed by atoms with van der Waals surface area (Å²) in [5.41, 5.74) is 5.07. The van der Waals surface area contributed by atoms with E-state index < -0.39 is 11.9 Å². The number of hydrogen-bond donors (Lipinski definition) is 0. The first-order chi connectivity index (χ1) is 20.7. The van der Waals surface area contributed by atoms with E-state index in [1.165, 1.54) is 17.8 Å². The van der Waals surface area contributed by atoms with Crippen molar-refractivity contribution in [3.8, 4) is 44.9 Å². The van der Waals surface area contributed by atoms with Crippen LogP contribution in [0.1, 0.15) is 5.69 Å². The Balaban J connectivity index is 0.000000207. The molecule has 6 aromatic rings. The zero-order valence-corrected chi connectivity index (χ0v) is 24.9. The van der Waals surface area contributed by atoms with E-state index in [1.54, 1.807) is 20.3 Å². The number of pyridine rings is 2. The Morgan fingerprint density at radius 2 is 1.14 bits per heavy atom. The molecule has 0 aliphatic heterocycles. The average Bonchev–Trinajstić information content (AvgIpc) is 3.04. The monoisotopic (exact) mass is 642 g/mol. The molecule has 0 spiro atoms. The predicted octanol–water partition coefficient (Wildman–Crippen LogP) is 10.1. The van der Waals surface area contributed by atoms with Crippen molar-refractivity contribution in [2.45, 2.75) is 6.18 Å². The van der Waals surface area contributed by atoms with Gasteiger partial charge in [-0.3, -0.25) is 0 Å². The lowest BCUT2D eigenvalue weighted by Gasteiger charge is -2.11. The number of benzene rings is 4. The molecule has 0 atom stereocenters. The van der Waals surface area contributed by atoms with Gasteiger partial charge in [0.2, 0.25) is 0 Å². The van der Waals surface area contributed by atoms with Gasteiger partial charge in [0.05, 0.1) is 14.2 Å². The third-order valence-corrected chi connectivity index (χ3v) is 7.19. The van der Waals surface area contributed by atoms with Crippen molar-refractivity contribution in [1.82, 2.24) is 9.97 Å². The lowest BCUT2D eigenvalue weighted by Crippen LogP contribution is -2.08. The van der Waals surface area contributed by atoms with Gasteiger partial charge in [0.1, 0.15) is 17.2 Å². The molecule has 0 saturated heterocycles. The van der Waals surface area contributed by atoms with E-state index in [0.29, 0.717) is 5.39 Å². The van der Waals surface area contributed by atoms with Crippen LogP contribution in [0.15, 0.2) is 126 Å². The van der Waals surface area contributed by atoms with Gasteiger partial charge in [0, 0.05) is 16.1 Å². The summed E-state index contributed by atoms with van der Waals surface area (Å²) >= 11 is 3.46. The summed E-state index contributed by atoms with van der Waals surface area (Å²) in [6.45, 7) is 0. The van der Waals surface area contributed by atoms with Crippen molar-refractivity contribution in [2.75, 3.05) is 14.2 Å². The van der Waals surface area contributed by atoms with Crippen LogP contribution in [-0.2, 0) is 6.18 Å². The molecule has 0 radical (unpaired) electrons. The summed E-state index contributed by atoms with van der Waals surface area (Å²) in [6, 6.07) is 35.9. The summed E-state index contributed by atoms with van der Waals surface area (Å²) in [5.74, 6) is 1.63. The molecule has 8 heteroatoms. The number of fused-ring (bicyclic) bond motifs is 1. The van der Waals surface area contributed by atoms with Gasteiger partial charge in [-0.1, -0.05) is 70.5 Å². The van der Waals surface area contributed by atoms with Gasteiger partial charge < -0.3 is 9.47 Å². The minimum atomic E-state index is -4.50. The van der Waals surface area contributed by atoms with Crippen LogP contribution in [0.3, 0.4) is 0 Å². The fourth-order valence-corrected chi connectivity index (χ4v) is 4.98. The zero-order chi connectivity index (χ0) is 30.4. The van der Waals surface area contributed by atoms with Crippen molar-refractivity contribution in [1.29, 1.82) is 0 Å². The Morgan fingerprint density at radius 1 is 0.605 bits per heavy atom. The van der Waals surface area contributed by atoms with Crippen LogP contribution in [0.25, 0.3) is 44.4 Å². The molecule has 0 amide bonds. The van der Waals surface area contributed by atoms with Gasteiger partial charge in [0.25, 0.3) is 0 Å². The summed E-state index contributed by atoms with van der Waals surface area (Å²) < 4.78 is 50.4. The highest BCUT2D eigenvalue weighted by Crippen LogP contribution is 2.34. The van der Waals surface area contributed by atoms with Gasteiger partial charge >= 0.3 is 6.18 Å². The lowest BCUT2D eigenvalue weighted by molar-refractivity contribution is -0.141. The number of aromatic nitrogens is 2. The second-order valence-corrected chi connectivity index (χ2v) is 10.4. The maximum atomic E-state index is 12.9. The average molecular weight is 644 g/mol. The minimum absolute atomic E-state index is 0.0686. The molecule has 4 nitrogen and oxygen atoms in total. The SMILES string of the molecule is COc1cccc(-c2cccc(-c3ccnc4nc(C(F)(F)F)ccc34)c2)c1.COc1cccc(-c2cccc(Br)c2)c1. The zero-order valence-electron chi connectivity index (χ0n) is 23.3. The van der Waals surface area contributed by atoms with Gasteiger partial charge in [0.15, 0.2) is 5.65 Å². The molecular formula is C35H26BrF3N2O2. The van der Waals surface area contributed by atoms with E-state index in [2.05, 4.69) is 44.1 Å². The maximum Gasteiger partial charge on any atom is 0.433 e. The number of methoxy groups -OCH3 is 2. The third-order valence-electron chi connectivity index (χ3n) is 6.70. The van der Waals surface area contributed by atoms with Crippen molar-refractivity contribution in [3.63, 3.8) is 0 Å². The molecule has 0 fully saturated rings. The van der Waals surface area contributed by atoms with Crippen LogP contribution in [0.4, 0.5) is 13.2 Å². The Labute approximate surface area is 255 Å². The quantitative estimate of drug-likeness (QED) is 0.188. The second kappa shape index (κ2) is 13.1.